The van der Waals surface area contributed by atoms with Crippen molar-refractivity contribution in [3.05, 3.63) is 70.5 Å². The Morgan fingerprint density at radius 2 is 1.74 bits per heavy atom. The van der Waals surface area contributed by atoms with Gasteiger partial charge in [0, 0.05) is 0 Å². The molecule has 0 aliphatic carbocycles. The Balaban J connectivity index is 2.40. The molecule has 2 aromatic carbocycles. The monoisotopic (exact) mass is 254 g/mol. The molecule has 98 valence electrons. The van der Waals surface area contributed by atoms with Gasteiger partial charge in [0.2, 0.25) is 0 Å². The van der Waals surface area contributed by atoms with E-state index in [1.165, 1.54) is 34.4 Å². The first-order valence-electron chi connectivity index (χ1n) is 6.64. The summed E-state index contributed by atoms with van der Waals surface area (Å²) in [7, 11) is 0. The zero-order valence-electron chi connectivity index (χ0n) is 11.7. The van der Waals surface area contributed by atoms with Gasteiger partial charge in [-0.05, 0) is 54.7 Å². The van der Waals surface area contributed by atoms with Crippen LogP contribution in [0.25, 0.3) is 11.6 Å². The highest BCUT2D eigenvalue weighted by Crippen LogP contribution is 2.23. The van der Waals surface area contributed by atoms with Gasteiger partial charge in [-0.3, -0.25) is 0 Å². The molecule has 0 radical (unpaired) electrons. The van der Waals surface area contributed by atoms with Crippen LogP contribution in [0, 0.1) is 19.7 Å². The molecular formula is C18H19F. The number of allylic oxidation sites excluding steroid dienone is 1. The second-order valence-electron chi connectivity index (χ2n) is 4.89. The zero-order valence-corrected chi connectivity index (χ0v) is 11.7. The van der Waals surface area contributed by atoms with E-state index in [1.54, 1.807) is 0 Å². The molecule has 2 aromatic rings. The summed E-state index contributed by atoms with van der Waals surface area (Å²) in [6.45, 7) is 6.34. The topological polar surface area (TPSA) is 0 Å². The molecule has 0 aliphatic rings. The fourth-order valence-corrected chi connectivity index (χ4v) is 2.23. The highest BCUT2D eigenvalue weighted by Gasteiger charge is 2.02. The Bertz CT molecular complexity index is 592. The molecule has 0 atom stereocenters. The first-order chi connectivity index (χ1) is 9.10. The standard InChI is InChI=1S/C18H19F/c1-4-15(16-7-9-18(19)10-8-16)12-17-6-5-13(2)11-14(17)3/h5-12H,4H2,1-3H3/b15-12+. The second kappa shape index (κ2) is 5.83. The van der Waals surface area contributed by atoms with E-state index >= 15 is 0 Å². The van der Waals surface area contributed by atoms with E-state index < -0.39 is 0 Å². The third-order valence-electron chi connectivity index (χ3n) is 3.35. The van der Waals surface area contributed by atoms with Crippen molar-refractivity contribution in [1.82, 2.24) is 0 Å². The number of hydrogen-bond acceptors (Lipinski definition) is 0. The second-order valence-corrected chi connectivity index (χ2v) is 4.89. The Labute approximate surface area is 114 Å². The molecule has 0 fully saturated rings. The predicted molar refractivity (Wildman–Crippen MR) is 80.5 cm³/mol. The van der Waals surface area contributed by atoms with Crippen LogP contribution in [0.3, 0.4) is 0 Å². The van der Waals surface area contributed by atoms with Crippen LogP contribution in [-0.2, 0) is 0 Å². The van der Waals surface area contributed by atoms with E-state index in [0.29, 0.717) is 0 Å². The lowest BCUT2D eigenvalue weighted by molar-refractivity contribution is 0.627. The van der Waals surface area contributed by atoms with Crippen molar-refractivity contribution in [2.24, 2.45) is 0 Å². The fraction of sp³-hybridized carbons (Fsp3) is 0.222. The van der Waals surface area contributed by atoms with Crippen LogP contribution in [-0.4, -0.2) is 0 Å². The number of rotatable bonds is 3. The molecule has 0 amide bonds. The summed E-state index contributed by atoms with van der Waals surface area (Å²) in [6, 6.07) is 13.2. The quantitative estimate of drug-likeness (QED) is 0.644. The summed E-state index contributed by atoms with van der Waals surface area (Å²) in [6.07, 6.45) is 3.13. The molecule has 0 aliphatic heterocycles. The van der Waals surface area contributed by atoms with Crippen LogP contribution in [0.4, 0.5) is 4.39 Å². The Morgan fingerprint density at radius 1 is 1.05 bits per heavy atom. The minimum atomic E-state index is -0.189. The van der Waals surface area contributed by atoms with Crippen molar-refractivity contribution in [2.75, 3.05) is 0 Å². The van der Waals surface area contributed by atoms with Gasteiger partial charge in [-0.1, -0.05) is 48.9 Å². The molecule has 0 heterocycles. The third kappa shape index (κ3) is 3.31. The van der Waals surface area contributed by atoms with Crippen LogP contribution in [0.2, 0.25) is 0 Å². The smallest absolute Gasteiger partial charge is 0.123 e. The van der Waals surface area contributed by atoms with Gasteiger partial charge in [0.25, 0.3) is 0 Å². The van der Waals surface area contributed by atoms with Crippen LogP contribution in [0.5, 0.6) is 0 Å². The largest absolute Gasteiger partial charge is 0.207 e. The van der Waals surface area contributed by atoms with E-state index in [4.69, 9.17) is 0 Å². The van der Waals surface area contributed by atoms with Crippen molar-refractivity contribution in [1.29, 1.82) is 0 Å². The third-order valence-corrected chi connectivity index (χ3v) is 3.35. The van der Waals surface area contributed by atoms with Crippen LogP contribution >= 0.6 is 0 Å². The van der Waals surface area contributed by atoms with E-state index in [1.807, 2.05) is 12.1 Å². The number of benzene rings is 2. The SMILES string of the molecule is CC/C(=C\c1ccc(C)cc1C)c1ccc(F)cc1. The fourth-order valence-electron chi connectivity index (χ4n) is 2.23. The first-order valence-corrected chi connectivity index (χ1v) is 6.64. The van der Waals surface area contributed by atoms with Crippen LogP contribution < -0.4 is 0 Å². The molecule has 0 unspecified atom stereocenters. The number of hydrogen-bond donors (Lipinski definition) is 0. The molecule has 19 heavy (non-hydrogen) atoms. The molecule has 0 spiro atoms. The lowest BCUT2D eigenvalue weighted by atomic mass is 9.98. The maximum absolute atomic E-state index is 13.0. The minimum Gasteiger partial charge on any atom is -0.207 e. The van der Waals surface area contributed by atoms with Gasteiger partial charge in [-0.25, -0.2) is 4.39 Å². The molecule has 0 bridgehead atoms. The highest BCUT2D eigenvalue weighted by molar-refractivity contribution is 5.82. The highest BCUT2D eigenvalue weighted by atomic mass is 19.1. The van der Waals surface area contributed by atoms with Crippen LogP contribution in [0.1, 0.15) is 35.6 Å². The number of halogens is 1. The molecule has 0 saturated heterocycles. The molecule has 0 nitrogen and oxygen atoms in total. The molecule has 0 saturated carbocycles. The molecule has 0 N–H and O–H groups in total. The van der Waals surface area contributed by atoms with Gasteiger partial charge < -0.3 is 0 Å². The average molecular weight is 254 g/mol. The van der Waals surface area contributed by atoms with E-state index in [0.717, 1.165) is 12.0 Å². The Morgan fingerprint density at radius 3 is 2.32 bits per heavy atom. The summed E-state index contributed by atoms with van der Waals surface area (Å²) >= 11 is 0. The van der Waals surface area contributed by atoms with Crippen molar-refractivity contribution in [2.45, 2.75) is 27.2 Å². The van der Waals surface area contributed by atoms with Crippen molar-refractivity contribution < 1.29 is 4.39 Å². The van der Waals surface area contributed by atoms with Gasteiger partial charge in [-0.2, -0.15) is 0 Å². The lowest BCUT2D eigenvalue weighted by Crippen LogP contribution is -1.87. The van der Waals surface area contributed by atoms with Gasteiger partial charge >= 0.3 is 0 Å². The molecule has 0 aromatic heterocycles. The Kier molecular flexibility index (Phi) is 4.16. The van der Waals surface area contributed by atoms with Crippen molar-refractivity contribution in [3.63, 3.8) is 0 Å². The minimum absolute atomic E-state index is 0.189. The van der Waals surface area contributed by atoms with Crippen molar-refractivity contribution in [3.8, 4) is 0 Å². The lowest BCUT2D eigenvalue weighted by Gasteiger charge is -2.08. The van der Waals surface area contributed by atoms with Gasteiger partial charge in [0.15, 0.2) is 0 Å². The average Bonchev–Trinajstić information content (AvgIpc) is 2.39. The van der Waals surface area contributed by atoms with E-state index in [2.05, 4.69) is 45.0 Å². The summed E-state index contributed by atoms with van der Waals surface area (Å²) in [5.74, 6) is -0.189. The summed E-state index contributed by atoms with van der Waals surface area (Å²) in [5.41, 5.74) is 6.09. The first kappa shape index (κ1) is 13.5. The predicted octanol–water partition coefficient (Wildman–Crippen LogP) is 5.39. The summed E-state index contributed by atoms with van der Waals surface area (Å²) in [4.78, 5) is 0. The van der Waals surface area contributed by atoms with E-state index in [-0.39, 0.29) is 5.82 Å². The molecule has 2 rings (SSSR count). The van der Waals surface area contributed by atoms with Gasteiger partial charge in [-0.15, -0.1) is 0 Å². The Hall–Kier alpha value is -1.89. The zero-order chi connectivity index (χ0) is 13.8. The summed E-state index contributed by atoms with van der Waals surface area (Å²) in [5, 5.41) is 0. The van der Waals surface area contributed by atoms with Crippen molar-refractivity contribution >= 4 is 11.6 Å². The molecular weight excluding hydrogens is 235 g/mol. The number of aryl methyl sites for hydroxylation is 2. The van der Waals surface area contributed by atoms with E-state index in [9.17, 15) is 4.39 Å². The summed E-state index contributed by atoms with van der Waals surface area (Å²) < 4.78 is 13.0. The normalized spacial score (nSPS) is 11.7. The van der Waals surface area contributed by atoms with Gasteiger partial charge in [0.05, 0.1) is 0 Å². The maximum atomic E-state index is 13.0. The molecule has 1 heteroatoms. The van der Waals surface area contributed by atoms with Crippen LogP contribution in [0.15, 0.2) is 42.5 Å². The maximum Gasteiger partial charge on any atom is 0.123 e. The van der Waals surface area contributed by atoms with Gasteiger partial charge in [0.1, 0.15) is 5.82 Å².